The Morgan fingerprint density at radius 2 is 1.89 bits per heavy atom. The van der Waals surface area contributed by atoms with E-state index >= 15 is 0 Å². The molecule has 1 aliphatic heterocycles. The summed E-state index contributed by atoms with van der Waals surface area (Å²) in [6.45, 7) is 11.0. The largest absolute Gasteiger partial charge is 0.378 e. The van der Waals surface area contributed by atoms with E-state index in [0.717, 1.165) is 5.57 Å². The summed E-state index contributed by atoms with van der Waals surface area (Å²) in [4.78, 5) is 15.8. The van der Waals surface area contributed by atoms with Crippen molar-refractivity contribution in [2.24, 2.45) is 16.1 Å². The van der Waals surface area contributed by atoms with Gasteiger partial charge in [0.25, 0.3) is 5.91 Å². The minimum Gasteiger partial charge on any atom is -0.378 e. The SMILES string of the molecule is CC(C=CC1=C(C)CCCC1(C)C)=CC=CC(C)=CC=C1SC(N)=NC1=O. The van der Waals surface area contributed by atoms with Gasteiger partial charge < -0.3 is 5.73 Å². The Morgan fingerprint density at radius 3 is 2.52 bits per heavy atom. The molecule has 0 radical (unpaired) electrons. The molecule has 4 heteroatoms. The molecule has 2 aliphatic rings. The second-order valence-electron chi connectivity index (χ2n) is 7.83. The lowest BCUT2D eigenvalue weighted by Crippen LogP contribution is -2.19. The van der Waals surface area contributed by atoms with Crippen LogP contribution in [0.2, 0.25) is 0 Å². The number of amidine groups is 1. The highest BCUT2D eigenvalue weighted by molar-refractivity contribution is 8.18. The molecule has 2 N–H and O–H groups in total. The number of carbonyl (C=O) groups excluding carboxylic acids is 1. The zero-order valence-electron chi connectivity index (χ0n) is 17.0. The molecule has 0 saturated carbocycles. The molecule has 0 bridgehead atoms. The number of thioether (sulfide) groups is 1. The van der Waals surface area contributed by atoms with Crippen molar-refractivity contribution in [2.75, 3.05) is 0 Å². The molecule has 0 fully saturated rings. The zero-order valence-corrected chi connectivity index (χ0v) is 17.8. The molecule has 0 aromatic heterocycles. The Kier molecular flexibility index (Phi) is 7.25. The van der Waals surface area contributed by atoms with Gasteiger partial charge in [0.2, 0.25) is 0 Å². The summed E-state index contributed by atoms with van der Waals surface area (Å²) in [7, 11) is 0. The van der Waals surface area contributed by atoms with Gasteiger partial charge in [-0.25, -0.2) is 0 Å². The smallest absolute Gasteiger partial charge is 0.286 e. The third kappa shape index (κ3) is 6.24. The average Bonchev–Trinajstić information content (AvgIpc) is 2.89. The van der Waals surface area contributed by atoms with Crippen LogP contribution in [-0.4, -0.2) is 11.1 Å². The number of allylic oxidation sites excluding steroid dienone is 11. The summed E-state index contributed by atoms with van der Waals surface area (Å²) in [6, 6.07) is 0. The normalized spacial score (nSPS) is 23.2. The van der Waals surface area contributed by atoms with Crippen LogP contribution < -0.4 is 5.73 Å². The summed E-state index contributed by atoms with van der Waals surface area (Å²) in [5.41, 5.74) is 11.1. The molecule has 3 nitrogen and oxygen atoms in total. The van der Waals surface area contributed by atoms with Gasteiger partial charge in [0.1, 0.15) is 0 Å². The Hall–Kier alpha value is -2.07. The van der Waals surface area contributed by atoms with Gasteiger partial charge >= 0.3 is 0 Å². The molecule has 0 spiro atoms. The Morgan fingerprint density at radius 1 is 1.19 bits per heavy atom. The minimum absolute atomic E-state index is 0.262. The molecule has 0 aromatic rings. The molecule has 0 atom stereocenters. The maximum absolute atomic E-state index is 11.5. The molecular weight excluding hydrogens is 352 g/mol. The number of nitrogens with two attached hydrogens (primary N) is 1. The van der Waals surface area contributed by atoms with Crippen LogP contribution in [0.4, 0.5) is 0 Å². The van der Waals surface area contributed by atoms with Crippen LogP contribution in [0.25, 0.3) is 0 Å². The van der Waals surface area contributed by atoms with Crippen molar-refractivity contribution in [3.63, 3.8) is 0 Å². The standard InChI is InChI=1S/C23H30N2OS/c1-16(11-13-19-18(3)10-7-15-23(19,4)5)8-6-9-17(2)12-14-20-21(26)25-22(24)27-20/h6,8-9,11-14H,7,10,15H2,1-5H3,(H2,24,25,26). The van der Waals surface area contributed by atoms with Gasteiger partial charge in [0.15, 0.2) is 5.17 Å². The summed E-state index contributed by atoms with van der Waals surface area (Å²) in [6.07, 6.45) is 18.1. The van der Waals surface area contributed by atoms with E-state index < -0.39 is 0 Å². The van der Waals surface area contributed by atoms with Gasteiger partial charge in [-0.2, -0.15) is 4.99 Å². The van der Waals surface area contributed by atoms with Crippen molar-refractivity contribution in [1.82, 2.24) is 0 Å². The van der Waals surface area contributed by atoms with Crippen molar-refractivity contribution in [2.45, 2.75) is 53.9 Å². The van der Waals surface area contributed by atoms with Crippen LogP contribution in [0.1, 0.15) is 53.9 Å². The third-order valence-corrected chi connectivity index (χ3v) is 5.74. The second-order valence-corrected chi connectivity index (χ2v) is 8.90. The van der Waals surface area contributed by atoms with Crippen molar-refractivity contribution in [3.8, 4) is 0 Å². The van der Waals surface area contributed by atoms with Crippen LogP contribution in [0, 0.1) is 5.41 Å². The van der Waals surface area contributed by atoms with E-state index in [-0.39, 0.29) is 11.3 Å². The van der Waals surface area contributed by atoms with Crippen molar-refractivity contribution in [1.29, 1.82) is 0 Å². The van der Waals surface area contributed by atoms with E-state index in [2.05, 4.69) is 50.9 Å². The van der Waals surface area contributed by atoms with Gasteiger partial charge in [0.05, 0.1) is 4.91 Å². The first kappa shape index (κ1) is 21.2. The fourth-order valence-corrected chi connectivity index (χ4v) is 3.96. The van der Waals surface area contributed by atoms with Gasteiger partial charge in [-0.1, -0.05) is 67.0 Å². The number of rotatable bonds is 5. The number of nitrogens with zero attached hydrogens (tertiary/aromatic N) is 1. The predicted octanol–water partition coefficient (Wildman–Crippen LogP) is 5.99. The fraction of sp³-hybridized carbons (Fsp3) is 0.391. The first-order chi connectivity index (χ1) is 12.7. The van der Waals surface area contributed by atoms with Gasteiger partial charge in [-0.3, -0.25) is 4.79 Å². The summed E-state index contributed by atoms with van der Waals surface area (Å²) in [5, 5.41) is 0.310. The van der Waals surface area contributed by atoms with Crippen LogP contribution in [0.15, 0.2) is 74.7 Å². The highest BCUT2D eigenvalue weighted by atomic mass is 32.2. The molecule has 1 heterocycles. The average molecular weight is 383 g/mol. The van der Waals surface area contributed by atoms with E-state index in [0.29, 0.717) is 10.1 Å². The van der Waals surface area contributed by atoms with Crippen LogP contribution in [0.5, 0.6) is 0 Å². The summed E-state index contributed by atoms with van der Waals surface area (Å²) in [5.74, 6) is -0.262. The fourth-order valence-electron chi connectivity index (χ4n) is 3.33. The Bertz CT molecular complexity index is 817. The molecule has 0 saturated heterocycles. The molecule has 144 valence electrons. The summed E-state index contributed by atoms with van der Waals surface area (Å²) >= 11 is 1.21. The molecule has 1 aliphatic carbocycles. The lowest BCUT2D eigenvalue weighted by molar-refractivity contribution is -0.113. The quantitative estimate of drug-likeness (QED) is 0.469. The van der Waals surface area contributed by atoms with E-state index in [1.54, 1.807) is 6.08 Å². The van der Waals surface area contributed by atoms with E-state index in [1.165, 1.54) is 47.7 Å². The zero-order chi connectivity index (χ0) is 20.0. The van der Waals surface area contributed by atoms with Crippen molar-refractivity contribution >= 4 is 22.8 Å². The third-order valence-electron chi connectivity index (χ3n) is 4.91. The number of hydrogen-bond donors (Lipinski definition) is 1. The van der Waals surface area contributed by atoms with Crippen molar-refractivity contribution in [3.05, 3.63) is 69.7 Å². The Labute approximate surface area is 167 Å². The van der Waals surface area contributed by atoms with E-state index in [4.69, 9.17) is 5.73 Å². The summed E-state index contributed by atoms with van der Waals surface area (Å²) < 4.78 is 0. The molecule has 0 unspecified atom stereocenters. The monoisotopic (exact) mass is 382 g/mol. The number of aliphatic imine (C=N–C) groups is 1. The number of hydrogen-bond acceptors (Lipinski definition) is 3. The van der Waals surface area contributed by atoms with Crippen LogP contribution in [0.3, 0.4) is 0 Å². The second kappa shape index (κ2) is 9.23. The number of carbonyl (C=O) groups is 1. The highest BCUT2D eigenvalue weighted by Gasteiger charge is 2.26. The van der Waals surface area contributed by atoms with Crippen molar-refractivity contribution < 1.29 is 4.79 Å². The molecule has 2 rings (SSSR count). The van der Waals surface area contributed by atoms with Gasteiger partial charge in [-0.05, 0) is 68.9 Å². The molecule has 1 amide bonds. The first-order valence-electron chi connectivity index (χ1n) is 9.37. The lowest BCUT2D eigenvalue weighted by Gasteiger charge is -2.32. The van der Waals surface area contributed by atoms with E-state index in [9.17, 15) is 4.79 Å². The topological polar surface area (TPSA) is 55.4 Å². The maximum atomic E-state index is 11.5. The van der Waals surface area contributed by atoms with Gasteiger partial charge in [0, 0.05) is 0 Å². The highest BCUT2D eigenvalue weighted by Crippen LogP contribution is 2.40. The number of amides is 1. The van der Waals surface area contributed by atoms with Crippen LogP contribution in [-0.2, 0) is 4.79 Å². The van der Waals surface area contributed by atoms with E-state index in [1.807, 2.05) is 25.2 Å². The molecule has 27 heavy (non-hydrogen) atoms. The first-order valence-corrected chi connectivity index (χ1v) is 10.2. The molecule has 0 aromatic carbocycles. The molecular formula is C23H30N2OS. The Balaban J connectivity index is 1.99. The minimum atomic E-state index is -0.262. The predicted molar refractivity (Wildman–Crippen MR) is 118 cm³/mol. The maximum Gasteiger partial charge on any atom is 0.286 e. The van der Waals surface area contributed by atoms with Crippen LogP contribution >= 0.6 is 11.8 Å². The lowest BCUT2D eigenvalue weighted by atomic mass is 9.72. The van der Waals surface area contributed by atoms with Gasteiger partial charge in [-0.15, -0.1) is 0 Å².